The van der Waals surface area contributed by atoms with Crippen LogP contribution in [0.1, 0.15) is 22.5 Å². The molecule has 13 aromatic rings. The molecule has 0 saturated heterocycles. The summed E-state index contributed by atoms with van der Waals surface area (Å²) in [5.41, 5.74) is 18.8. The minimum atomic E-state index is -0.824. The monoisotopic (exact) mass is 984 g/mol. The van der Waals surface area contributed by atoms with E-state index in [-0.39, 0.29) is 0 Å². The lowest BCUT2D eigenvalue weighted by molar-refractivity contribution is 0.389. The molecule has 0 N–H and O–H groups in total. The van der Waals surface area contributed by atoms with Gasteiger partial charge in [0, 0.05) is 45.5 Å². The van der Waals surface area contributed by atoms with Crippen LogP contribution >= 0.6 is 0 Å². The van der Waals surface area contributed by atoms with Gasteiger partial charge in [0.05, 0.1) is 11.1 Å². The lowest BCUT2D eigenvalue weighted by atomic mass is 9.69. The zero-order valence-electron chi connectivity index (χ0n) is 41.9. The van der Waals surface area contributed by atoms with E-state index < -0.39 is 5.41 Å². The molecule has 362 valence electrons. The quantitative estimate of drug-likeness (QED) is 0.144. The standard InChI is InChI=1S/C73H48N2O2/c1-4-17-49(18-5-1)52-31-37-56(38-32-52)74(57-39-33-53(34-40-57)50-19-6-2-7-20-50)60-43-45-67-70(48-60)76-71-64-47-59(44-46-69(64)77-72(71)73(67)65-28-14-12-26-62(65)63-27-13-15-29-66(63)73)75(68-30-16-24-55-23-10-11-25-61(55)68)58-41-35-54(36-42-58)51-21-8-3-9-22-51/h1-48H. The maximum Gasteiger partial charge on any atom is 0.178 e. The highest BCUT2D eigenvalue weighted by atomic mass is 16.5. The van der Waals surface area contributed by atoms with Crippen molar-refractivity contribution in [1.82, 2.24) is 0 Å². The first-order chi connectivity index (χ1) is 38.2. The SMILES string of the molecule is c1ccc(-c2ccc(N(c3ccc(-c4ccccc4)cc3)c3ccc4c(c3)Oc3c(oc5ccc(N(c6ccc(-c7ccccc7)cc6)c6cccc7ccccc67)cc35)C43c4ccccc4-c4ccccc43)cc2)cc1. The predicted molar refractivity (Wildman–Crippen MR) is 317 cm³/mol. The summed E-state index contributed by atoms with van der Waals surface area (Å²) < 4.78 is 14.8. The van der Waals surface area contributed by atoms with Crippen LogP contribution in [-0.2, 0) is 5.41 Å². The molecule has 1 spiro atoms. The average Bonchev–Trinajstić information content (AvgIpc) is 4.05. The molecular formula is C73H48N2O2. The van der Waals surface area contributed by atoms with Crippen LogP contribution in [0.15, 0.2) is 296 Å². The van der Waals surface area contributed by atoms with Crippen LogP contribution in [0.5, 0.6) is 11.5 Å². The smallest absolute Gasteiger partial charge is 0.178 e. The van der Waals surface area contributed by atoms with Gasteiger partial charge in [-0.3, -0.25) is 0 Å². The molecule has 0 amide bonds. The van der Waals surface area contributed by atoms with Gasteiger partial charge < -0.3 is 19.0 Å². The van der Waals surface area contributed by atoms with Crippen molar-refractivity contribution in [2.24, 2.45) is 0 Å². The normalized spacial score (nSPS) is 12.6. The summed E-state index contributed by atoms with van der Waals surface area (Å²) >= 11 is 0. The highest BCUT2D eigenvalue weighted by Crippen LogP contribution is 2.64. The van der Waals surface area contributed by atoms with E-state index in [0.717, 1.165) is 84.2 Å². The summed E-state index contributed by atoms with van der Waals surface area (Å²) in [4.78, 5) is 4.70. The average molecular weight is 985 g/mol. The zero-order valence-corrected chi connectivity index (χ0v) is 41.9. The van der Waals surface area contributed by atoms with E-state index in [9.17, 15) is 0 Å². The van der Waals surface area contributed by atoms with E-state index in [4.69, 9.17) is 9.15 Å². The second kappa shape index (κ2) is 18.0. The lowest BCUT2D eigenvalue weighted by Crippen LogP contribution is -2.31. The number of fused-ring (bicyclic) bond motifs is 12. The van der Waals surface area contributed by atoms with Gasteiger partial charge in [-0.25, -0.2) is 0 Å². The molecule has 77 heavy (non-hydrogen) atoms. The van der Waals surface area contributed by atoms with Crippen molar-refractivity contribution in [3.8, 4) is 56.0 Å². The van der Waals surface area contributed by atoms with E-state index in [0.29, 0.717) is 5.75 Å². The molecule has 0 unspecified atom stereocenters. The van der Waals surface area contributed by atoms with Gasteiger partial charge in [-0.15, -0.1) is 0 Å². The van der Waals surface area contributed by atoms with Crippen LogP contribution in [-0.4, -0.2) is 0 Å². The zero-order chi connectivity index (χ0) is 50.9. The van der Waals surface area contributed by atoms with Crippen LogP contribution in [0.3, 0.4) is 0 Å². The highest BCUT2D eigenvalue weighted by molar-refractivity contribution is 6.02. The van der Waals surface area contributed by atoms with Crippen molar-refractivity contribution in [2.75, 3.05) is 9.80 Å². The fraction of sp³-hybridized carbons (Fsp3) is 0.0137. The predicted octanol–water partition coefficient (Wildman–Crippen LogP) is 20.0. The van der Waals surface area contributed by atoms with Crippen LogP contribution in [0.25, 0.3) is 66.2 Å². The third kappa shape index (κ3) is 7.22. The summed E-state index contributed by atoms with van der Waals surface area (Å²) in [5, 5.41) is 3.22. The lowest BCUT2D eigenvalue weighted by Gasteiger charge is -2.37. The van der Waals surface area contributed by atoms with Crippen LogP contribution in [0.2, 0.25) is 0 Å². The van der Waals surface area contributed by atoms with Gasteiger partial charge in [0.1, 0.15) is 16.7 Å². The molecule has 0 atom stereocenters. The Hall–Kier alpha value is -10.2. The Morgan fingerprint density at radius 3 is 1.31 bits per heavy atom. The summed E-state index contributed by atoms with van der Waals surface area (Å²) in [6, 6.07) is 104. The maximum atomic E-state index is 7.51. The van der Waals surface area contributed by atoms with Crippen molar-refractivity contribution < 1.29 is 9.15 Å². The van der Waals surface area contributed by atoms with Gasteiger partial charge in [0.2, 0.25) is 0 Å². The fourth-order valence-electron chi connectivity index (χ4n) is 12.2. The second-order valence-electron chi connectivity index (χ2n) is 20.0. The van der Waals surface area contributed by atoms with Gasteiger partial charge >= 0.3 is 0 Å². The third-order valence-electron chi connectivity index (χ3n) is 15.7. The Morgan fingerprint density at radius 2 is 0.740 bits per heavy atom. The molecule has 0 radical (unpaired) electrons. The molecule has 2 heterocycles. The van der Waals surface area contributed by atoms with Crippen molar-refractivity contribution in [1.29, 1.82) is 0 Å². The number of hydrogen-bond acceptors (Lipinski definition) is 4. The molecule has 1 aromatic heterocycles. The molecule has 1 aliphatic carbocycles. The van der Waals surface area contributed by atoms with Crippen LogP contribution in [0.4, 0.5) is 34.1 Å². The number of furan rings is 1. The van der Waals surface area contributed by atoms with Crippen molar-refractivity contribution in [3.05, 3.63) is 314 Å². The Kier molecular flexibility index (Phi) is 10.4. The number of rotatable bonds is 9. The van der Waals surface area contributed by atoms with E-state index in [1.54, 1.807) is 0 Å². The molecule has 0 saturated carbocycles. The number of ether oxygens (including phenoxy) is 1. The fourth-order valence-corrected chi connectivity index (χ4v) is 12.2. The minimum absolute atomic E-state index is 0.710. The molecular weight excluding hydrogens is 937 g/mol. The van der Waals surface area contributed by atoms with E-state index >= 15 is 0 Å². The Labute approximate surface area is 447 Å². The van der Waals surface area contributed by atoms with Gasteiger partial charge in [-0.1, -0.05) is 218 Å². The summed E-state index contributed by atoms with van der Waals surface area (Å²) in [6.07, 6.45) is 0. The first-order valence-electron chi connectivity index (χ1n) is 26.3. The number of nitrogens with zero attached hydrogens (tertiary/aromatic N) is 2. The number of anilines is 6. The molecule has 0 bridgehead atoms. The maximum absolute atomic E-state index is 7.51. The third-order valence-corrected chi connectivity index (χ3v) is 15.7. The Balaban J connectivity index is 0.930. The first kappa shape index (κ1) is 44.3. The molecule has 2 aliphatic rings. The Bertz CT molecular complexity index is 4200. The number of hydrogen-bond donors (Lipinski definition) is 0. The van der Waals surface area contributed by atoms with Crippen LogP contribution in [0, 0.1) is 0 Å². The molecule has 12 aromatic carbocycles. The highest BCUT2D eigenvalue weighted by Gasteiger charge is 2.54. The molecule has 4 heteroatoms. The van der Waals surface area contributed by atoms with Crippen molar-refractivity contribution >= 4 is 55.9 Å². The Morgan fingerprint density at radius 1 is 0.299 bits per heavy atom. The van der Waals surface area contributed by atoms with Gasteiger partial charge in [0.15, 0.2) is 11.5 Å². The summed E-state index contributed by atoms with van der Waals surface area (Å²) in [6.45, 7) is 0. The summed E-state index contributed by atoms with van der Waals surface area (Å²) in [5.74, 6) is 2.25. The second-order valence-corrected chi connectivity index (χ2v) is 20.0. The largest absolute Gasteiger partial charge is 0.455 e. The molecule has 15 rings (SSSR count). The molecule has 4 nitrogen and oxygen atoms in total. The van der Waals surface area contributed by atoms with Gasteiger partial charge in [0.25, 0.3) is 0 Å². The van der Waals surface area contributed by atoms with Crippen molar-refractivity contribution in [3.63, 3.8) is 0 Å². The van der Waals surface area contributed by atoms with Gasteiger partial charge in [-0.2, -0.15) is 0 Å². The first-order valence-corrected chi connectivity index (χ1v) is 26.3. The minimum Gasteiger partial charge on any atom is -0.455 e. The van der Waals surface area contributed by atoms with Crippen molar-refractivity contribution in [2.45, 2.75) is 5.41 Å². The van der Waals surface area contributed by atoms with E-state index in [2.05, 4.69) is 301 Å². The summed E-state index contributed by atoms with van der Waals surface area (Å²) in [7, 11) is 0. The van der Waals surface area contributed by atoms with Gasteiger partial charge in [-0.05, 0) is 128 Å². The molecule has 1 aliphatic heterocycles. The topological polar surface area (TPSA) is 28.9 Å². The van der Waals surface area contributed by atoms with E-state index in [1.807, 2.05) is 0 Å². The molecule has 0 fully saturated rings. The van der Waals surface area contributed by atoms with Crippen LogP contribution < -0.4 is 14.5 Å². The number of benzene rings is 12. The van der Waals surface area contributed by atoms with E-state index in [1.165, 1.54) is 44.3 Å².